The van der Waals surface area contributed by atoms with Gasteiger partial charge in [-0.05, 0) is 37.6 Å². The third-order valence-corrected chi connectivity index (χ3v) is 5.63. The van der Waals surface area contributed by atoms with Crippen LogP contribution in [0.3, 0.4) is 0 Å². The van der Waals surface area contributed by atoms with Gasteiger partial charge in [-0.25, -0.2) is 24.7 Å². The molecule has 5 rings (SSSR count). The summed E-state index contributed by atoms with van der Waals surface area (Å²) in [6.45, 7) is 3.88. The van der Waals surface area contributed by atoms with Crippen molar-refractivity contribution in [1.82, 2.24) is 34.8 Å². The number of nitrogens with one attached hydrogen (secondary N) is 3. The molecular weight excluding hydrogens is 472 g/mol. The van der Waals surface area contributed by atoms with E-state index in [-0.39, 0.29) is 30.2 Å². The number of carbonyl (C=O) groups is 2. The summed E-state index contributed by atoms with van der Waals surface area (Å²) in [6.07, 6.45) is 5.87. The second-order valence-electron chi connectivity index (χ2n) is 8.16. The number of hydrogen-bond donors (Lipinski definition) is 3. The largest absolute Gasteiger partial charge is 0.450 e. The fourth-order valence-electron chi connectivity index (χ4n) is 3.86. The van der Waals surface area contributed by atoms with E-state index in [2.05, 4.69) is 35.6 Å². The van der Waals surface area contributed by atoms with Gasteiger partial charge in [0.05, 0.1) is 18.2 Å². The van der Waals surface area contributed by atoms with E-state index in [1.807, 2.05) is 49.4 Å². The standard InChI is InChI=1S/C26H24N8O3/c1-3-37-26(36)33-25-31-20-13-18(12-19(22(20)32-25)23-27-10-7-11-28-23)34-14-21(29-15-34)24(35)30-16(2)17-8-5-4-6-9-17/h4-16H,3H2,1-2H3,(H,30,35)(H2,31,32,33,36)/t16-/m0/s1. The number of ether oxygens (including phenoxy) is 1. The summed E-state index contributed by atoms with van der Waals surface area (Å²) in [5.41, 5.74) is 3.80. The fourth-order valence-corrected chi connectivity index (χ4v) is 3.86. The van der Waals surface area contributed by atoms with Gasteiger partial charge < -0.3 is 19.6 Å². The lowest BCUT2D eigenvalue weighted by atomic mass is 10.1. The molecule has 11 heteroatoms. The minimum Gasteiger partial charge on any atom is -0.450 e. The van der Waals surface area contributed by atoms with E-state index < -0.39 is 6.09 Å². The maximum atomic E-state index is 12.9. The minimum absolute atomic E-state index is 0.174. The zero-order valence-corrected chi connectivity index (χ0v) is 20.2. The number of rotatable bonds is 7. The van der Waals surface area contributed by atoms with Gasteiger partial charge in [0.2, 0.25) is 5.95 Å². The number of hydrogen-bond acceptors (Lipinski definition) is 7. The number of nitrogens with zero attached hydrogens (tertiary/aromatic N) is 5. The topological polar surface area (TPSA) is 140 Å². The quantitative estimate of drug-likeness (QED) is 0.306. The molecule has 0 saturated carbocycles. The maximum absolute atomic E-state index is 12.9. The Balaban J connectivity index is 1.47. The fraction of sp³-hybridized carbons (Fsp3) is 0.154. The van der Waals surface area contributed by atoms with Gasteiger partial charge in [-0.1, -0.05) is 30.3 Å². The molecule has 1 atom stereocenters. The summed E-state index contributed by atoms with van der Waals surface area (Å²) in [6, 6.07) is 14.9. The highest BCUT2D eigenvalue weighted by atomic mass is 16.5. The highest BCUT2D eigenvalue weighted by Gasteiger charge is 2.18. The van der Waals surface area contributed by atoms with Crippen molar-refractivity contribution in [1.29, 1.82) is 0 Å². The Bertz CT molecular complexity index is 1550. The Kier molecular flexibility index (Phi) is 6.58. The molecule has 3 aromatic heterocycles. The second kappa shape index (κ2) is 10.3. The SMILES string of the molecule is CCOC(=O)Nc1nc2c(-c3ncccn3)cc(-n3cnc(C(=O)N[C@@H](C)c4ccccc4)c3)cc2[nH]1. The monoisotopic (exact) mass is 496 g/mol. The van der Waals surface area contributed by atoms with Crippen LogP contribution < -0.4 is 10.6 Å². The van der Waals surface area contributed by atoms with Crippen molar-refractivity contribution in [3.63, 3.8) is 0 Å². The Morgan fingerprint density at radius 1 is 1.08 bits per heavy atom. The zero-order chi connectivity index (χ0) is 25.8. The molecular formula is C26H24N8O3. The lowest BCUT2D eigenvalue weighted by molar-refractivity contribution is 0.0935. The Morgan fingerprint density at radius 3 is 2.62 bits per heavy atom. The molecule has 2 aromatic carbocycles. The molecule has 11 nitrogen and oxygen atoms in total. The first kappa shape index (κ1) is 23.7. The average Bonchev–Trinajstić information content (AvgIpc) is 3.56. The van der Waals surface area contributed by atoms with E-state index in [0.717, 1.165) is 5.56 Å². The molecule has 3 N–H and O–H groups in total. The zero-order valence-electron chi connectivity index (χ0n) is 20.2. The molecule has 0 radical (unpaired) electrons. The van der Waals surface area contributed by atoms with Gasteiger partial charge in [-0.3, -0.25) is 10.1 Å². The number of aromatic amines is 1. The molecule has 0 saturated heterocycles. The number of H-pyrrole nitrogens is 1. The third-order valence-electron chi connectivity index (χ3n) is 5.63. The van der Waals surface area contributed by atoms with E-state index in [1.165, 1.54) is 0 Å². The van der Waals surface area contributed by atoms with Crippen LogP contribution in [0.2, 0.25) is 0 Å². The number of imidazole rings is 2. The van der Waals surface area contributed by atoms with Crippen molar-refractivity contribution >= 4 is 29.0 Å². The number of benzene rings is 2. The van der Waals surface area contributed by atoms with Crippen LogP contribution >= 0.6 is 0 Å². The maximum Gasteiger partial charge on any atom is 0.413 e. The molecule has 186 valence electrons. The van der Waals surface area contributed by atoms with Crippen LogP contribution in [0.4, 0.5) is 10.7 Å². The molecule has 0 aliphatic carbocycles. The van der Waals surface area contributed by atoms with Gasteiger partial charge in [0.15, 0.2) is 5.82 Å². The van der Waals surface area contributed by atoms with E-state index >= 15 is 0 Å². The highest BCUT2D eigenvalue weighted by Crippen LogP contribution is 2.29. The Morgan fingerprint density at radius 2 is 1.86 bits per heavy atom. The van der Waals surface area contributed by atoms with Crippen molar-refractivity contribution in [2.45, 2.75) is 19.9 Å². The van der Waals surface area contributed by atoms with E-state index in [4.69, 9.17) is 4.74 Å². The first-order chi connectivity index (χ1) is 18.0. The van der Waals surface area contributed by atoms with Crippen LogP contribution in [0.5, 0.6) is 0 Å². The van der Waals surface area contributed by atoms with Gasteiger partial charge in [-0.15, -0.1) is 0 Å². The second-order valence-corrected chi connectivity index (χ2v) is 8.16. The predicted molar refractivity (Wildman–Crippen MR) is 137 cm³/mol. The van der Waals surface area contributed by atoms with Gasteiger partial charge in [0, 0.05) is 29.8 Å². The van der Waals surface area contributed by atoms with Gasteiger partial charge in [0.1, 0.15) is 17.5 Å². The van der Waals surface area contributed by atoms with Crippen LogP contribution in [0.1, 0.15) is 35.9 Å². The molecule has 2 amide bonds. The van der Waals surface area contributed by atoms with E-state index in [1.54, 1.807) is 42.5 Å². The Labute approximate surface area is 212 Å². The molecule has 0 spiro atoms. The summed E-state index contributed by atoms with van der Waals surface area (Å²) in [7, 11) is 0. The smallest absolute Gasteiger partial charge is 0.413 e. The van der Waals surface area contributed by atoms with Crippen molar-refractivity contribution in [2.75, 3.05) is 11.9 Å². The van der Waals surface area contributed by atoms with Crippen LogP contribution in [-0.2, 0) is 4.74 Å². The van der Waals surface area contributed by atoms with Gasteiger partial charge in [0.25, 0.3) is 5.91 Å². The number of carbonyl (C=O) groups excluding carboxylic acids is 2. The lowest BCUT2D eigenvalue weighted by Gasteiger charge is -2.13. The molecule has 0 bridgehead atoms. The van der Waals surface area contributed by atoms with Crippen LogP contribution in [0, 0.1) is 0 Å². The predicted octanol–water partition coefficient (Wildman–Crippen LogP) is 4.27. The summed E-state index contributed by atoms with van der Waals surface area (Å²) in [5.74, 6) is 0.395. The number of amides is 2. The number of aromatic nitrogens is 6. The summed E-state index contributed by atoms with van der Waals surface area (Å²) < 4.78 is 6.67. The molecule has 0 fully saturated rings. The van der Waals surface area contributed by atoms with Gasteiger partial charge in [-0.2, -0.15) is 0 Å². The third kappa shape index (κ3) is 5.15. The van der Waals surface area contributed by atoms with Crippen molar-refractivity contribution in [3.05, 3.63) is 84.7 Å². The molecule has 37 heavy (non-hydrogen) atoms. The van der Waals surface area contributed by atoms with Crippen LogP contribution in [0.15, 0.2) is 73.4 Å². The molecule has 0 aliphatic heterocycles. The molecule has 5 aromatic rings. The van der Waals surface area contributed by atoms with E-state index in [0.29, 0.717) is 28.1 Å². The Hall–Kier alpha value is -5.06. The van der Waals surface area contributed by atoms with Crippen LogP contribution in [-0.4, -0.2) is 48.1 Å². The first-order valence-corrected chi connectivity index (χ1v) is 11.7. The van der Waals surface area contributed by atoms with Crippen molar-refractivity contribution < 1.29 is 14.3 Å². The molecule has 3 heterocycles. The lowest BCUT2D eigenvalue weighted by Crippen LogP contribution is -2.26. The summed E-state index contributed by atoms with van der Waals surface area (Å²) >= 11 is 0. The first-order valence-electron chi connectivity index (χ1n) is 11.7. The van der Waals surface area contributed by atoms with Crippen molar-refractivity contribution in [2.24, 2.45) is 0 Å². The van der Waals surface area contributed by atoms with Crippen molar-refractivity contribution in [3.8, 4) is 17.1 Å². The molecule has 0 aliphatic rings. The normalized spacial score (nSPS) is 11.7. The van der Waals surface area contributed by atoms with Crippen LogP contribution in [0.25, 0.3) is 28.1 Å². The van der Waals surface area contributed by atoms with E-state index in [9.17, 15) is 9.59 Å². The minimum atomic E-state index is -0.616. The summed E-state index contributed by atoms with van der Waals surface area (Å²) in [5, 5.41) is 5.55. The number of anilines is 1. The average molecular weight is 497 g/mol. The van der Waals surface area contributed by atoms with Gasteiger partial charge >= 0.3 is 6.09 Å². The highest BCUT2D eigenvalue weighted by molar-refractivity contribution is 5.95. The number of fused-ring (bicyclic) bond motifs is 1. The molecule has 0 unspecified atom stereocenters. The summed E-state index contributed by atoms with van der Waals surface area (Å²) in [4.78, 5) is 45.4.